The molecule has 0 spiro atoms. The monoisotopic (exact) mass is 458 g/mol. The van der Waals surface area contributed by atoms with Gasteiger partial charge in [-0.25, -0.2) is 9.59 Å². The lowest BCUT2D eigenvalue weighted by molar-refractivity contribution is -0.143. The minimum atomic E-state index is -1.44. The number of thioether (sulfide) groups is 1. The van der Waals surface area contributed by atoms with Crippen LogP contribution in [-0.2, 0) is 14.3 Å². The molecule has 0 heterocycles. The molecule has 1 unspecified atom stereocenters. The Kier molecular flexibility index (Phi) is 8.13. The minimum absolute atomic E-state index is 0.102. The maximum Gasteiger partial charge on any atom is 0.407 e. The van der Waals surface area contributed by atoms with Gasteiger partial charge in [-0.15, -0.1) is 0 Å². The number of aliphatic hydroxyl groups is 1. The summed E-state index contributed by atoms with van der Waals surface area (Å²) in [6, 6.07) is 13.5. The first-order valence-corrected chi connectivity index (χ1v) is 11.6. The Bertz CT molecular complexity index is 937. The zero-order chi connectivity index (χ0) is 23.1. The van der Waals surface area contributed by atoms with Gasteiger partial charge < -0.3 is 25.6 Å². The molecule has 0 radical (unpaired) electrons. The van der Waals surface area contributed by atoms with Crippen molar-refractivity contribution in [2.75, 3.05) is 25.2 Å². The molecule has 0 fully saturated rings. The van der Waals surface area contributed by atoms with Crippen molar-refractivity contribution in [2.24, 2.45) is 0 Å². The normalized spacial score (nSPS) is 14.1. The Labute approximate surface area is 190 Å². The van der Waals surface area contributed by atoms with Crippen molar-refractivity contribution in [1.29, 1.82) is 0 Å². The van der Waals surface area contributed by atoms with Gasteiger partial charge in [-0.1, -0.05) is 48.5 Å². The zero-order valence-electron chi connectivity index (χ0n) is 17.6. The summed E-state index contributed by atoms with van der Waals surface area (Å²) < 4.78 is 5.48. The van der Waals surface area contributed by atoms with E-state index < -0.39 is 36.7 Å². The van der Waals surface area contributed by atoms with Gasteiger partial charge in [-0.3, -0.25) is 4.79 Å². The molecule has 3 rings (SSSR count). The summed E-state index contributed by atoms with van der Waals surface area (Å²) in [5, 5.41) is 22.9. The lowest BCUT2D eigenvalue weighted by Gasteiger charge is -2.21. The topological polar surface area (TPSA) is 125 Å². The summed E-state index contributed by atoms with van der Waals surface area (Å²) >= 11 is 1.49. The molecule has 0 aromatic heterocycles. The van der Waals surface area contributed by atoms with Crippen LogP contribution in [0.25, 0.3) is 11.1 Å². The summed E-state index contributed by atoms with van der Waals surface area (Å²) in [5.41, 5.74) is 4.37. The fraction of sp³-hybridized carbons (Fsp3) is 0.348. The second-order valence-electron chi connectivity index (χ2n) is 7.39. The van der Waals surface area contributed by atoms with Crippen LogP contribution in [0.4, 0.5) is 4.79 Å². The van der Waals surface area contributed by atoms with Crippen molar-refractivity contribution < 1.29 is 29.3 Å². The van der Waals surface area contributed by atoms with E-state index in [1.807, 2.05) is 54.8 Å². The van der Waals surface area contributed by atoms with Gasteiger partial charge in [0.05, 0.1) is 6.61 Å². The summed E-state index contributed by atoms with van der Waals surface area (Å²) in [5.74, 6) is -1.59. The highest BCUT2D eigenvalue weighted by Gasteiger charge is 2.30. The molecule has 0 bridgehead atoms. The average Bonchev–Trinajstić information content (AvgIpc) is 3.12. The van der Waals surface area contributed by atoms with Crippen molar-refractivity contribution >= 4 is 29.7 Å². The molecule has 1 aliphatic carbocycles. The number of ether oxygens (including phenoxy) is 1. The van der Waals surface area contributed by atoms with Crippen molar-refractivity contribution in [1.82, 2.24) is 10.6 Å². The number of aliphatic hydroxyl groups excluding tert-OH is 1. The van der Waals surface area contributed by atoms with Gasteiger partial charge in [-0.2, -0.15) is 11.8 Å². The van der Waals surface area contributed by atoms with Gasteiger partial charge in [0.15, 0.2) is 0 Å². The highest BCUT2D eigenvalue weighted by atomic mass is 32.2. The van der Waals surface area contributed by atoms with Crippen molar-refractivity contribution in [2.45, 2.75) is 24.4 Å². The predicted molar refractivity (Wildman–Crippen MR) is 122 cm³/mol. The Balaban J connectivity index is 1.65. The quantitative estimate of drug-likeness (QED) is 0.430. The number of rotatable bonds is 10. The van der Waals surface area contributed by atoms with Gasteiger partial charge in [0.1, 0.15) is 18.7 Å². The lowest BCUT2D eigenvalue weighted by atomic mass is 9.98. The smallest absolute Gasteiger partial charge is 0.407 e. The third-order valence-corrected chi connectivity index (χ3v) is 6.00. The number of nitrogens with one attached hydrogen (secondary N) is 2. The summed E-state index contributed by atoms with van der Waals surface area (Å²) in [6.45, 7) is -0.646. The minimum Gasteiger partial charge on any atom is -0.480 e. The number of carboxylic acid groups (broad SMARTS) is 1. The van der Waals surface area contributed by atoms with Gasteiger partial charge in [0, 0.05) is 5.92 Å². The Morgan fingerprint density at radius 2 is 1.59 bits per heavy atom. The number of carbonyl (C=O) groups excluding carboxylic acids is 2. The Hall–Kier alpha value is -3.04. The van der Waals surface area contributed by atoms with Crippen LogP contribution in [0.2, 0.25) is 0 Å². The molecule has 2 aromatic rings. The SMILES string of the molecule is CSCCC(NC(=O)OCC1c2ccccc2-c2ccccc21)C(=O)N[C@H](CO)C(=O)O. The van der Waals surface area contributed by atoms with Crippen LogP contribution in [0, 0.1) is 0 Å². The molecule has 0 aliphatic heterocycles. The van der Waals surface area contributed by atoms with Crippen LogP contribution < -0.4 is 10.6 Å². The van der Waals surface area contributed by atoms with E-state index in [4.69, 9.17) is 14.9 Å². The average molecular weight is 459 g/mol. The maximum atomic E-state index is 12.5. The highest BCUT2D eigenvalue weighted by molar-refractivity contribution is 7.98. The van der Waals surface area contributed by atoms with Crippen LogP contribution >= 0.6 is 11.8 Å². The molecular formula is C23H26N2O6S. The van der Waals surface area contributed by atoms with E-state index in [9.17, 15) is 14.4 Å². The number of hydrogen-bond acceptors (Lipinski definition) is 6. The fourth-order valence-electron chi connectivity index (χ4n) is 3.74. The second-order valence-corrected chi connectivity index (χ2v) is 8.37. The van der Waals surface area contributed by atoms with E-state index in [1.54, 1.807) is 0 Å². The van der Waals surface area contributed by atoms with Gasteiger partial charge in [0.25, 0.3) is 0 Å². The molecule has 9 heteroatoms. The highest BCUT2D eigenvalue weighted by Crippen LogP contribution is 2.44. The molecule has 0 saturated heterocycles. The van der Waals surface area contributed by atoms with E-state index in [0.717, 1.165) is 22.3 Å². The van der Waals surface area contributed by atoms with E-state index >= 15 is 0 Å². The first kappa shape index (κ1) is 23.6. The van der Waals surface area contributed by atoms with E-state index in [-0.39, 0.29) is 18.9 Å². The molecule has 2 aromatic carbocycles. The molecule has 32 heavy (non-hydrogen) atoms. The van der Waals surface area contributed by atoms with Gasteiger partial charge in [0.2, 0.25) is 5.91 Å². The lowest BCUT2D eigenvalue weighted by Crippen LogP contribution is -2.53. The number of fused-ring (bicyclic) bond motifs is 3. The number of benzene rings is 2. The third-order valence-electron chi connectivity index (χ3n) is 5.36. The number of carbonyl (C=O) groups is 3. The maximum absolute atomic E-state index is 12.5. The number of hydrogen-bond donors (Lipinski definition) is 4. The Morgan fingerprint density at radius 3 is 2.12 bits per heavy atom. The van der Waals surface area contributed by atoms with Crippen molar-refractivity contribution in [3.05, 3.63) is 59.7 Å². The van der Waals surface area contributed by atoms with Crippen molar-refractivity contribution in [3.8, 4) is 11.1 Å². The largest absolute Gasteiger partial charge is 0.480 e. The fourth-order valence-corrected chi connectivity index (χ4v) is 4.22. The molecule has 0 saturated carbocycles. The van der Waals surface area contributed by atoms with Gasteiger partial charge >= 0.3 is 12.1 Å². The van der Waals surface area contributed by atoms with E-state index in [0.29, 0.717) is 5.75 Å². The van der Waals surface area contributed by atoms with Crippen LogP contribution in [0.15, 0.2) is 48.5 Å². The molecule has 170 valence electrons. The van der Waals surface area contributed by atoms with Crippen LogP contribution in [0.3, 0.4) is 0 Å². The van der Waals surface area contributed by atoms with Crippen LogP contribution in [-0.4, -0.2) is 65.5 Å². The molecule has 2 atom stereocenters. The van der Waals surface area contributed by atoms with E-state index in [1.165, 1.54) is 11.8 Å². The molecule has 1 aliphatic rings. The van der Waals surface area contributed by atoms with Crippen molar-refractivity contribution in [3.63, 3.8) is 0 Å². The Morgan fingerprint density at radius 1 is 1.00 bits per heavy atom. The summed E-state index contributed by atoms with van der Waals surface area (Å²) in [4.78, 5) is 36.1. The summed E-state index contributed by atoms with van der Waals surface area (Å²) in [6.07, 6.45) is 1.38. The van der Waals surface area contributed by atoms with E-state index in [2.05, 4.69) is 10.6 Å². The number of aliphatic carboxylic acids is 1. The number of amides is 2. The van der Waals surface area contributed by atoms with Crippen LogP contribution in [0.1, 0.15) is 23.5 Å². The summed E-state index contributed by atoms with van der Waals surface area (Å²) in [7, 11) is 0. The van der Waals surface area contributed by atoms with Gasteiger partial charge in [-0.05, 0) is 40.7 Å². The number of carboxylic acids is 1. The molecule has 8 nitrogen and oxygen atoms in total. The molecular weight excluding hydrogens is 432 g/mol. The third kappa shape index (κ3) is 5.41. The first-order valence-electron chi connectivity index (χ1n) is 10.2. The predicted octanol–water partition coefficient (Wildman–Crippen LogP) is 2.21. The second kappa shape index (κ2) is 11.0. The van der Waals surface area contributed by atoms with Crippen LogP contribution in [0.5, 0.6) is 0 Å². The first-order chi connectivity index (χ1) is 15.5. The standard InChI is InChI=1S/C23H26N2O6S/c1-32-11-10-19(21(27)24-20(12-26)22(28)29)25-23(30)31-13-18-16-8-4-2-6-14(16)15-7-3-5-9-17(15)18/h2-9,18-20,26H,10-13H2,1H3,(H,24,27)(H,25,30)(H,28,29)/t19?,20-/m1/s1. The number of alkyl carbamates (subject to hydrolysis) is 1. The molecule has 2 amide bonds. The molecule has 4 N–H and O–H groups in total. The zero-order valence-corrected chi connectivity index (χ0v) is 18.4.